The van der Waals surface area contributed by atoms with Crippen molar-refractivity contribution in [3.63, 3.8) is 0 Å². The number of carbonyl (C=O) groups is 1. The number of aliphatic carboxylic acids is 1. The molecule has 0 aromatic heterocycles. The second-order valence-corrected chi connectivity index (χ2v) is 3.87. The number of benzene rings is 1. The van der Waals surface area contributed by atoms with Crippen LogP contribution in [-0.4, -0.2) is 17.1 Å². The first-order valence-corrected chi connectivity index (χ1v) is 5.11. The van der Waals surface area contributed by atoms with Crippen molar-refractivity contribution in [1.29, 1.82) is 0 Å². The molecule has 0 saturated heterocycles. The van der Waals surface area contributed by atoms with Crippen LogP contribution in [0.2, 0.25) is 0 Å². The summed E-state index contributed by atoms with van der Waals surface area (Å²) in [6, 6.07) is 8.04. The second kappa shape index (κ2) is 5.51. The van der Waals surface area contributed by atoms with Crippen LogP contribution < -0.4 is 5.32 Å². The van der Waals surface area contributed by atoms with Crippen molar-refractivity contribution < 1.29 is 9.90 Å². The fourth-order valence-corrected chi connectivity index (χ4v) is 1.38. The number of carboxylic acids is 1. The first-order valence-electron chi connectivity index (χ1n) is 5.11. The minimum Gasteiger partial charge on any atom is -0.481 e. The Kier molecular flexibility index (Phi) is 4.31. The van der Waals surface area contributed by atoms with Crippen molar-refractivity contribution in [2.24, 2.45) is 0 Å². The highest BCUT2D eigenvalue weighted by atomic mass is 16.4. The topological polar surface area (TPSA) is 49.3 Å². The summed E-state index contributed by atoms with van der Waals surface area (Å²) in [5.74, 6) is -0.785. The van der Waals surface area contributed by atoms with Crippen LogP contribution in [0.5, 0.6) is 0 Å². The Bertz CT molecular complexity index is 334. The third-order valence-corrected chi connectivity index (χ3v) is 2.16. The van der Waals surface area contributed by atoms with Gasteiger partial charge in [0.25, 0.3) is 0 Å². The van der Waals surface area contributed by atoms with Gasteiger partial charge in [-0.3, -0.25) is 4.79 Å². The minimum absolute atomic E-state index is 0.0932. The van der Waals surface area contributed by atoms with E-state index < -0.39 is 5.97 Å². The molecule has 82 valence electrons. The molecule has 0 aliphatic rings. The molecule has 0 atom stereocenters. The molecular weight excluding hydrogens is 190 g/mol. The summed E-state index contributed by atoms with van der Waals surface area (Å²) in [4.78, 5) is 10.6. The monoisotopic (exact) mass is 207 g/mol. The molecule has 3 nitrogen and oxygen atoms in total. The molecule has 0 bridgehead atoms. The van der Waals surface area contributed by atoms with Crippen molar-refractivity contribution in [3.8, 4) is 0 Å². The number of carboxylic acid groups (broad SMARTS) is 1. The maximum Gasteiger partial charge on any atom is 0.307 e. The minimum atomic E-state index is -0.785. The van der Waals surface area contributed by atoms with Crippen LogP contribution in [0.15, 0.2) is 24.3 Å². The van der Waals surface area contributed by atoms with Crippen LogP contribution in [0.4, 0.5) is 0 Å². The number of hydrogen-bond acceptors (Lipinski definition) is 2. The van der Waals surface area contributed by atoms with Gasteiger partial charge < -0.3 is 10.4 Å². The van der Waals surface area contributed by atoms with Gasteiger partial charge in [-0.05, 0) is 11.1 Å². The summed E-state index contributed by atoms with van der Waals surface area (Å²) < 4.78 is 0. The lowest BCUT2D eigenvalue weighted by atomic mass is 10.0. The average Bonchev–Trinajstić information content (AvgIpc) is 2.15. The van der Waals surface area contributed by atoms with Crippen LogP contribution in [-0.2, 0) is 17.8 Å². The van der Waals surface area contributed by atoms with E-state index in [-0.39, 0.29) is 6.42 Å². The SMILES string of the molecule is CC(C)NCc1ccccc1CC(=O)O. The standard InChI is InChI=1S/C12H17NO2/c1-9(2)13-8-11-6-4-3-5-10(11)7-12(14)15/h3-6,9,13H,7-8H2,1-2H3,(H,14,15). The summed E-state index contributed by atoms with van der Waals surface area (Å²) in [5, 5.41) is 12.0. The highest BCUT2D eigenvalue weighted by Crippen LogP contribution is 2.09. The molecule has 0 unspecified atom stereocenters. The van der Waals surface area contributed by atoms with Gasteiger partial charge in [-0.25, -0.2) is 0 Å². The smallest absolute Gasteiger partial charge is 0.307 e. The van der Waals surface area contributed by atoms with E-state index in [0.717, 1.165) is 17.7 Å². The maximum absolute atomic E-state index is 10.6. The summed E-state index contributed by atoms with van der Waals surface area (Å²) in [6.07, 6.45) is 0.0932. The normalized spacial score (nSPS) is 10.6. The molecule has 0 spiro atoms. The van der Waals surface area contributed by atoms with Crippen LogP contribution in [0.1, 0.15) is 25.0 Å². The lowest BCUT2D eigenvalue weighted by molar-refractivity contribution is -0.136. The van der Waals surface area contributed by atoms with Gasteiger partial charge in [-0.1, -0.05) is 38.1 Å². The average molecular weight is 207 g/mol. The lowest BCUT2D eigenvalue weighted by Gasteiger charge is -2.11. The molecule has 0 aliphatic carbocycles. The van der Waals surface area contributed by atoms with Crippen molar-refractivity contribution in [2.45, 2.75) is 32.9 Å². The Hall–Kier alpha value is -1.35. The van der Waals surface area contributed by atoms with E-state index in [1.807, 2.05) is 24.3 Å². The largest absolute Gasteiger partial charge is 0.481 e. The molecule has 2 N–H and O–H groups in total. The van der Waals surface area contributed by atoms with Gasteiger partial charge in [0.05, 0.1) is 6.42 Å². The number of hydrogen-bond donors (Lipinski definition) is 2. The molecule has 0 fully saturated rings. The summed E-state index contributed by atoms with van der Waals surface area (Å²) >= 11 is 0. The zero-order valence-electron chi connectivity index (χ0n) is 9.16. The summed E-state index contributed by atoms with van der Waals surface area (Å²) in [6.45, 7) is 4.86. The molecule has 1 rings (SSSR count). The van der Waals surface area contributed by atoms with Gasteiger partial charge in [0.1, 0.15) is 0 Å². The van der Waals surface area contributed by atoms with Gasteiger partial charge >= 0.3 is 5.97 Å². The zero-order valence-corrected chi connectivity index (χ0v) is 9.16. The molecule has 1 aromatic carbocycles. The van der Waals surface area contributed by atoms with E-state index in [1.54, 1.807) is 0 Å². The highest BCUT2D eigenvalue weighted by molar-refractivity contribution is 5.70. The van der Waals surface area contributed by atoms with Crippen molar-refractivity contribution in [2.75, 3.05) is 0 Å². The molecule has 0 aliphatic heterocycles. The molecular formula is C12H17NO2. The van der Waals surface area contributed by atoms with Crippen molar-refractivity contribution >= 4 is 5.97 Å². The predicted molar refractivity (Wildman–Crippen MR) is 59.8 cm³/mol. The first kappa shape index (κ1) is 11.7. The van der Waals surface area contributed by atoms with E-state index in [1.165, 1.54) is 0 Å². The van der Waals surface area contributed by atoms with E-state index in [4.69, 9.17) is 5.11 Å². The first-order chi connectivity index (χ1) is 7.09. The fourth-order valence-electron chi connectivity index (χ4n) is 1.38. The third-order valence-electron chi connectivity index (χ3n) is 2.16. The van der Waals surface area contributed by atoms with Gasteiger partial charge in [0.2, 0.25) is 0 Å². The van der Waals surface area contributed by atoms with Gasteiger partial charge in [0.15, 0.2) is 0 Å². The Morgan fingerprint density at radius 2 is 1.93 bits per heavy atom. The molecule has 3 heteroatoms. The molecule has 1 aromatic rings. The fraction of sp³-hybridized carbons (Fsp3) is 0.417. The number of nitrogens with one attached hydrogen (secondary N) is 1. The predicted octanol–water partition coefficient (Wildman–Crippen LogP) is 1.81. The highest BCUT2D eigenvalue weighted by Gasteiger charge is 2.05. The van der Waals surface area contributed by atoms with Crippen molar-refractivity contribution in [3.05, 3.63) is 35.4 Å². The van der Waals surface area contributed by atoms with E-state index in [9.17, 15) is 4.79 Å². The molecule has 0 amide bonds. The van der Waals surface area contributed by atoms with Gasteiger partial charge in [0, 0.05) is 12.6 Å². The van der Waals surface area contributed by atoms with Crippen LogP contribution in [0, 0.1) is 0 Å². The van der Waals surface area contributed by atoms with E-state index >= 15 is 0 Å². The maximum atomic E-state index is 10.6. The summed E-state index contributed by atoms with van der Waals surface area (Å²) in [7, 11) is 0. The molecule has 0 heterocycles. The van der Waals surface area contributed by atoms with Crippen molar-refractivity contribution in [1.82, 2.24) is 5.32 Å². The Morgan fingerprint density at radius 1 is 1.33 bits per heavy atom. The Labute approximate surface area is 90.1 Å². The Morgan fingerprint density at radius 3 is 2.47 bits per heavy atom. The zero-order chi connectivity index (χ0) is 11.3. The lowest BCUT2D eigenvalue weighted by Crippen LogP contribution is -2.22. The molecule has 0 saturated carbocycles. The number of rotatable bonds is 5. The molecule has 15 heavy (non-hydrogen) atoms. The van der Waals surface area contributed by atoms with Crippen LogP contribution >= 0.6 is 0 Å². The molecule has 0 radical (unpaired) electrons. The second-order valence-electron chi connectivity index (χ2n) is 3.87. The van der Waals surface area contributed by atoms with Gasteiger partial charge in [-0.2, -0.15) is 0 Å². The van der Waals surface area contributed by atoms with Crippen LogP contribution in [0.3, 0.4) is 0 Å². The quantitative estimate of drug-likeness (QED) is 0.774. The Balaban J connectivity index is 2.72. The van der Waals surface area contributed by atoms with E-state index in [0.29, 0.717) is 6.04 Å². The summed E-state index contributed by atoms with van der Waals surface area (Å²) in [5.41, 5.74) is 1.95. The van der Waals surface area contributed by atoms with E-state index in [2.05, 4.69) is 19.2 Å². The third kappa shape index (κ3) is 4.13. The van der Waals surface area contributed by atoms with Gasteiger partial charge in [-0.15, -0.1) is 0 Å². The van der Waals surface area contributed by atoms with Crippen LogP contribution in [0.25, 0.3) is 0 Å².